The van der Waals surface area contributed by atoms with Gasteiger partial charge in [-0.3, -0.25) is 14.8 Å². The van der Waals surface area contributed by atoms with Crippen LogP contribution in [0.3, 0.4) is 0 Å². The van der Waals surface area contributed by atoms with E-state index in [1.165, 1.54) is 10.9 Å². The van der Waals surface area contributed by atoms with Gasteiger partial charge in [0.1, 0.15) is 6.20 Å². The first-order valence-electron chi connectivity index (χ1n) is 5.40. The molecule has 0 radical (unpaired) electrons. The van der Waals surface area contributed by atoms with Crippen LogP contribution in [-0.2, 0) is 7.05 Å². The summed E-state index contributed by atoms with van der Waals surface area (Å²) in [6.45, 7) is 6.21. The van der Waals surface area contributed by atoms with Crippen LogP contribution in [0.4, 0.5) is 11.5 Å². The Balaban J connectivity index is 2.91. The molecule has 1 heterocycles. The summed E-state index contributed by atoms with van der Waals surface area (Å²) in [6, 6.07) is 0.202. The van der Waals surface area contributed by atoms with Crippen molar-refractivity contribution in [3.63, 3.8) is 0 Å². The fourth-order valence-electron chi connectivity index (χ4n) is 1.63. The minimum Gasteiger partial charge on any atom is -0.360 e. The highest BCUT2D eigenvalue weighted by atomic mass is 16.6. The maximum Gasteiger partial charge on any atom is 0.330 e. The molecule has 0 aliphatic heterocycles. The normalized spacial score (nSPS) is 12.8. The lowest BCUT2D eigenvalue weighted by molar-refractivity contribution is -0.384. The molecule has 6 heteroatoms. The van der Waals surface area contributed by atoms with Crippen molar-refractivity contribution < 1.29 is 4.92 Å². The van der Waals surface area contributed by atoms with E-state index in [1.807, 2.05) is 6.92 Å². The van der Waals surface area contributed by atoms with E-state index in [9.17, 15) is 10.1 Å². The lowest BCUT2D eigenvalue weighted by Crippen LogP contribution is -2.25. The largest absolute Gasteiger partial charge is 0.360 e. The number of nitrogens with zero attached hydrogens (tertiary/aromatic N) is 3. The second-order valence-electron chi connectivity index (χ2n) is 4.20. The number of aromatic nitrogens is 2. The molecular formula is C10H18N4O2. The van der Waals surface area contributed by atoms with Crippen molar-refractivity contribution in [3.05, 3.63) is 16.3 Å². The molecule has 1 rings (SSSR count). The number of hydrogen-bond donors (Lipinski definition) is 1. The molecular weight excluding hydrogens is 208 g/mol. The van der Waals surface area contributed by atoms with Gasteiger partial charge in [-0.05, 0) is 12.3 Å². The molecule has 0 aliphatic rings. The Hall–Kier alpha value is -1.59. The molecule has 0 fully saturated rings. The van der Waals surface area contributed by atoms with E-state index in [2.05, 4.69) is 24.3 Å². The van der Waals surface area contributed by atoms with E-state index in [1.54, 1.807) is 7.05 Å². The molecule has 1 unspecified atom stereocenters. The van der Waals surface area contributed by atoms with Crippen LogP contribution in [0, 0.1) is 16.0 Å². The molecule has 0 saturated carbocycles. The van der Waals surface area contributed by atoms with Crippen molar-refractivity contribution in [1.29, 1.82) is 0 Å². The zero-order valence-electron chi connectivity index (χ0n) is 10.1. The van der Waals surface area contributed by atoms with Gasteiger partial charge in [-0.1, -0.05) is 20.8 Å². The van der Waals surface area contributed by atoms with Gasteiger partial charge in [0, 0.05) is 13.1 Å². The zero-order chi connectivity index (χ0) is 12.3. The number of nitrogens with one attached hydrogen (secondary N) is 1. The second-order valence-corrected chi connectivity index (χ2v) is 4.20. The lowest BCUT2D eigenvalue weighted by atomic mass is 10.0. The summed E-state index contributed by atoms with van der Waals surface area (Å²) in [6.07, 6.45) is 2.32. The van der Waals surface area contributed by atoms with E-state index in [4.69, 9.17) is 0 Å². The standard InChI is InChI=1S/C10H18N4O2/c1-5-8(7(2)3)11-10-9(14(15)16)6-13(4)12-10/h6-8H,5H2,1-4H3,(H,11,12). The lowest BCUT2D eigenvalue weighted by Gasteiger charge is -2.19. The SMILES string of the molecule is CCC(Nc1nn(C)cc1[N+](=O)[O-])C(C)C. The quantitative estimate of drug-likeness (QED) is 0.617. The maximum atomic E-state index is 10.8. The summed E-state index contributed by atoms with van der Waals surface area (Å²) in [5, 5.41) is 18.0. The second kappa shape index (κ2) is 4.96. The molecule has 16 heavy (non-hydrogen) atoms. The Bertz CT molecular complexity index is 373. The first kappa shape index (κ1) is 12.5. The van der Waals surface area contributed by atoms with Gasteiger partial charge >= 0.3 is 5.69 Å². The van der Waals surface area contributed by atoms with Crippen LogP contribution >= 0.6 is 0 Å². The molecule has 0 bridgehead atoms. The molecule has 90 valence electrons. The highest BCUT2D eigenvalue weighted by molar-refractivity contribution is 5.55. The molecule has 0 aromatic carbocycles. The molecule has 0 aliphatic carbocycles. The van der Waals surface area contributed by atoms with Gasteiger partial charge in [-0.15, -0.1) is 5.10 Å². The Morgan fingerprint density at radius 1 is 1.62 bits per heavy atom. The van der Waals surface area contributed by atoms with Crippen molar-refractivity contribution in [2.24, 2.45) is 13.0 Å². The van der Waals surface area contributed by atoms with E-state index in [-0.39, 0.29) is 11.7 Å². The molecule has 1 aromatic rings. The molecule has 6 nitrogen and oxygen atoms in total. The summed E-state index contributed by atoms with van der Waals surface area (Å²) in [5.74, 6) is 0.764. The van der Waals surface area contributed by atoms with Crippen molar-refractivity contribution >= 4 is 11.5 Å². The summed E-state index contributed by atoms with van der Waals surface area (Å²) in [4.78, 5) is 10.4. The maximum absolute atomic E-state index is 10.8. The third-order valence-corrected chi connectivity index (χ3v) is 2.57. The number of nitro groups is 1. The van der Waals surface area contributed by atoms with Crippen LogP contribution in [0.25, 0.3) is 0 Å². The summed E-state index contributed by atoms with van der Waals surface area (Å²) < 4.78 is 1.45. The molecule has 1 atom stereocenters. The minimum atomic E-state index is -0.414. The first-order chi connectivity index (χ1) is 7.45. The predicted octanol–water partition coefficient (Wildman–Crippen LogP) is 2.17. The number of aryl methyl sites for hydroxylation is 1. The number of hydrogen-bond acceptors (Lipinski definition) is 4. The number of rotatable bonds is 5. The van der Waals surface area contributed by atoms with Crippen LogP contribution in [0.1, 0.15) is 27.2 Å². The fourth-order valence-corrected chi connectivity index (χ4v) is 1.63. The van der Waals surface area contributed by atoms with E-state index in [0.717, 1.165) is 6.42 Å². The average molecular weight is 226 g/mol. The van der Waals surface area contributed by atoms with Gasteiger partial charge in [0.25, 0.3) is 0 Å². The van der Waals surface area contributed by atoms with Crippen LogP contribution in [0.15, 0.2) is 6.20 Å². The van der Waals surface area contributed by atoms with Crippen molar-refractivity contribution in [2.75, 3.05) is 5.32 Å². The molecule has 1 N–H and O–H groups in total. The number of anilines is 1. The van der Waals surface area contributed by atoms with E-state index >= 15 is 0 Å². The van der Waals surface area contributed by atoms with Gasteiger partial charge in [0.05, 0.1) is 4.92 Å². The average Bonchev–Trinajstić information content (AvgIpc) is 2.55. The van der Waals surface area contributed by atoms with E-state index in [0.29, 0.717) is 11.7 Å². The van der Waals surface area contributed by atoms with E-state index < -0.39 is 4.92 Å². The van der Waals surface area contributed by atoms with Gasteiger partial charge in [-0.2, -0.15) is 0 Å². The molecule has 1 aromatic heterocycles. The van der Waals surface area contributed by atoms with Gasteiger partial charge in [0.2, 0.25) is 5.82 Å². The van der Waals surface area contributed by atoms with Gasteiger partial charge in [0.15, 0.2) is 0 Å². The molecule has 0 amide bonds. The Morgan fingerprint density at radius 3 is 2.69 bits per heavy atom. The topological polar surface area (TPSA) is 73.0 Å². The van der Waals surface area contributed by atoms with Gasteiger partial charge in [-0.25, -0.2) is 0 Å². The third-order valence-electron chi connectivity index (χ3n) is 2.57. The van der Waals surface area contributed by atoms with Gasteiger partial charge < -0.3 is 5.32 Å². The predicted molar refractivity (Wildman–Crippen MR) is 62.4 cm³/mol. The Morgan fingerprint density at radius 2 is 2.25 bits per heavy atom. The van der Waals surface area contributed by atoms with Crippen molar-refractivity contribution in [3.8, 4) is 0 Å². The molecule has 0 spiro atoms. The highest BCUT2D eigenvalue weighted by Crippen LogP contribution is 2.24. The summed E-state index contributed by atoms with van der Waals surface area (Å²) in [7, 11) is 1.68. The minimum absolute atomic E-state index is 0.0293. The summed E-state index contributed by atoms with van der Waals surface area (Å²) in [5.41, 5.74) is 0.0293. The van der Waals surface area contributed by atoms with Crippen LogP contribution in [0.2, 0.25) is 0 Å². The fraction of sp³-hybridized carbons (Fsp3) is 0.700. The Kier molecular flexibility index (Phi) is 3.87. The van der Waals surface area contributed by atoms with Crippen molar-refractivity contribution in [1.82, 2.24) is 9.78 Å². The van der Waals surface area contributed by atoms with Crippen molar-refractivity contribution in [2.45, 2.75) is 33.2 Å². The highest BCUT2D eigenvalue weighted by Gasteiger charge is 2.21. The van der Waals surface area contributed by atoms with Crippen LogP contribution < -0.4 is 5.32 Å². The summed E-state index contributed by atoms with van der Waals surface area (Å²) >= 11 is 0. The van der Waals surface area contributed by atoms with Crippen LogP contribution in [-0.4, -0.2) is 20.7 Å². The molecule has 0 saturated heterocycles. The third kappa shape index (κ3) is 2.71. The Labute approximate surface area is 94.8 Å². The monoisotopic (exact) mass is 226 g/mol. The first-order valence-corrected chi connectivity index (χ1v) is 5.40. The van der Waals surface area contributed by atoms with Crippen LogP contribution in [0.5, 0.6) is 0 Å². The smallest absolute Gasteiger partial charge is 0.330 e. The zero-order valence-corrected chi connectivity index (χ0v) is 10.1.